The predicted octanol–water partition coefficient (Wildman–Crippen LogP) is -1.53. The third kappa shape index (κ3) is 7.09. The molecule has 0 radical (unpaired) electrons. The lowest BCUT2D eigenvalue weighted by atomic mass is 10.4. The van der Waals surface area contributed by atoms with Crippen LogP contribution in [0.15, 0.2) is 0 Å². The minimum absolute atomic E-state index is 0.330. The van der Waals surface area contributed by atoms with Gasteiger partial charge in [-0.3, -0.25) is 9.05 Å². The van der Waals surface area contributed by atoms with Gasteiger partial charge in [0.05, 0.1) is 26.4 Å². The van der Waals surface area contributed by atoms with Gasteiger partial charge in [0.25, 0.3) is 0 Å². The number of hydrogen-bond acceptors (Lipinski definition) is 6. The third-order valence-electron chi connectivity index (χ3n) is 0.987. The van der Waals surface area contributed by atoms with Crippen LogP contribution in [-0.2, 0) is 13.6 Å². The summed E-state index contributed by atoms with van der Waals surface area (Å²) in [5, 5.41) is 25.3. The maximum absolute atomic E-state index is 10.8. The summed E-state index contributed by atoms with van der Waals surface area (Å²) in [6, 6.07) is 0. The number of aliphatic hydroxyl groups is 3. The Morgan fingerprint density at radius 3 is 2.38 bits per heavy atom. The van der Waals surface area contributed by atoms with Crippen molar-refractivity contribution < 1.29 is 33.8 Å². The van der Waals surface area contributed by atoms with Crippen molar-refractivity contribution in [2.75, 3.05) is 26.4 Å². The van der Waals surface area contributed by atoms with Gasteiger partial charge in [-0.25, -0.2) is 4.57 Å². The Kier molecular flexibility index (Phi) is 6.44. The van der Waals surface area contributed by atoms with Crippen molar-refractivity contribution in [1.29, 1.82) is 0 Å². The molecule has 2 atom stereocenters. The summed E-state index contributed by atoms with van der Waals surface area (Å²) in [5.74, 6) is 0. The molecule has 0 amide bonds. The van der Waals surface area contributed by atoms with Crippen LogP contribution in [0.3, 0.4) is 0 Å². The van der Waals surface area contributed by atoms with Gasteiger partial charge in [0.1, 0.15) is 6.10 Å². The molecule has 0 spiro atoms. The van der Waals surface area contributed by atoms with Crippen LogP contribution in [0.1, 0.15) is 0 Å². The van der Waals surface area contributed by atoms with Gasteiger partial charge in [-0.1, -0.05) is 0 Å². The lowest BCUT2D eigenvalue weighted by Gasteiger charge is -2.13. The molecule has 13 heavy (non-hydrogen) atoms. The van der Waals surface area contributed by atoms with E-state index in [1.165, 1.54) is 0 Å². The standard InChI is InChI=1S/C5H13O7P/c6-1-2-11-13(9,10)12-4-5(8)3-7/h5-8H,1-4H2,(H,9,10)/t5-/m1/s1. The minimum atomic E-state index is -4.21. The molecule has 0 aromatic heterocycles. The molecule has 0 aromatic rings. The average molecular weight is 216 g/mol. The van der Waals surface area contributed by atoms with Crippen molar-refractivity contribution >= 4 is 7.82 Å². The quantitative estimate of drug-likeness (QED) is 0.381. The van der Waals surface area contributed by atoms with Crippen LogP contribution in [0.5, 0.6) is 0 Å². The van der Waals surface area contributed by atoms with Crippen molar-refractivity contribution in [3.05, 3.63) is 0 Å². The molecule has 80 valence electrons. The van der Waals surface area contributed by atoms with E-state index >= 15 is 0 Å². The molecule has 8 heteroatoms. The van der Waals surface area contributed by atoms with Gasteiger partial charge in [-0.05, 0) is 0 Å². The monoisotopic (exact) mass is 216 g/mol. The lowest BCUT2D eigenvalue weighted by molar-refractivity contribution is 0.0341. The second kappa shape index (κ2) is 6.44. The number of rotatable bonds is 7. The van der Waals surface area contributed by atoms with Gasteiger partial charge in [0.15, 0.2) is 0 Å². The van der Waals surface area contributed by atoms with Crippen molar-refractivity contribution in [3.63, 3.8) is 0 Å². The van der Waals surface area contributed by atoms with E-state index in [0.717, 1.165) is 0 Å². The van der Waals surface area contributed by atoms with Crippen LogP contribution in [0.2, 0.25) is 0 Å². The van der Waals surface area contributed by atoms with E-state index in [1.807, 2.05) is 0 Å². The van der Waals surface area contributed by atoms with E-state index < -0.39 is 33.7 Å². The van der Waals surface area contributed by atoms with Crippen molar-refractivity contribution in [2.24, 2.45) is 0 Å². The van der Waals surface area contributed by atoms with Gasteiger partial charge in [0.2, 0.25) is 0 Å². The maximum atomic E-state index is 10.8. The van der Waals surface area contributed by atoms with Crippen molar-refractivity contribution in [1.82, 2.24) is 0 Å². The number of phosphoric acid groups is 1. The molecule has 0 saturated carbocycles. The fraction of sp³-hybridized carbons (Fsp3) is 1.00. The first-order chi connectivity index (χ1) is 6.02. The highest BCUT2D eigenvalue weighted by Gasteiger charge is 2.21. The molecular weight excluding hydrogens is 203 g/mol. The van der Waals surface area contributed by atoms with Crippen LogP contribution < -0.4 is 0 Å². The summed E-state index contributed by atoms with van der Waals surface area (Å²) in [7, 11) is -4.21. The Morgan fingerprint density at radius 1 is 1.31 bits per heavy atom. The maximum Gasteiger partial charge on any atom is 0.472 e. The highest BCUT2D eigenvalue weighted by Crippen LogP contribution is 2.42. The summed E-state index contributed by atoms with van der Waals surface area (Å²) in [5.41, 5.74) is 0. The van der Waals surface area contributed by atoms with E-state index in [2.05, 4.69) is 9.05 Å². The zero-order valence-corrected chi connectivity index (χ0v) is 7.76. The van der Waals surface area contributed by atoms with Crippen LogP contribution in [0, 0.1) is 0 Å². The minimum Gasteiger partial charge on any atom is -0.394 e. The Labute approximate surface area is 75.2 Å². The lowest BCUT2D eigenvalue weighted by Crippen LogP contribution is -2.19. The molecule has 7 nitrogen and oxygen atoms in total. The number of hydrogen-bond donors (Lipinski definition) is 4. The fourth-order valence-electron chi connectivity index (χ4n) is 0.426. The molecule has 0 aromatic carbocycles. The highest BCUT2D eigenvalue weighted by molar-refractivity contribution is 7.47. The first-order valence-corrected chi connectivity index (χ1v) is 5.03. The van der Waals surface area contributed by atoms with Gasteiger partial charge >= 0.3 is 7.82 Å². The van der Waals surface area contributed by atoms with Crippen LogP contribution >= 0.6 is 7.82 Å². The van der Waals surface area contributed by atoms with E-state index in [9.17, 15) is 4.57 Å². The van der Waals surface area contributed by atoms with Crippen molar-refractivity contribution in [2.45, 2.75) is 6.10 Å². The highest BCUT2D eigenvalue weighted by atomic mass is 31.2. The molecule has 0 aliphatic heterocycles. The molecule has 0 aliphatic carbocycles. The van der Waals surface area contributed by atoms with E-state index in [0.29, 0.717) is 0 Å². The van der Waals surface area contributed by atoms with Gasteiger partial charge in [-0.2, -0.15) is 0 Å². The molecule has 0 aliphatic rings. The molecule has 0 saturated heterocycles. The normalized spacial score (nSPS) is 18.2. The summed E-state index contributed by atoms with van der Waals surface area (Å²) in [4.78, 5) is 8.80. The third-order valence-corrected chi connectivity index (χ3v) is 1.97. The summed E-state index contributed by atoms with van der Waals surface area (Å²) < 4.78 is 19.3. The summed E-state index contributed by atoms with van der Waals surface area (Å²) in [6.07, 6.45) is -1.22. The smallest absolute Gasteiger partial charge is 0.394 e. The van der Waals surface area contributed by atoms with Crippen LogP contribution in [0.25, 0.3) is 0 Å². The molecule has 1 unspecified atom stereocenters. The largest absolute Gasteiger partial charge is 0.472 e. The number of aliphatic hydroxyl groups excluding tert-OH is 3. The van der Waals surface area contributed by atoms with Crippen LogP contribution in [-0.4, -0.2) is 52.7 Å². The molecule has 0 rings (SSSR count). The van der Waals surface area contributed by atoms with Crippen LogP contribution in [0.4, 0.5) is 0 Å². The Balaban J connectivity index is 3.68. The molecular formula is C5H13O7P. The molecule has 4 N–H and O–H groups in total. The van der Waals surface area contributed by atoms with E-state index in [1.54, 1.807) is 0 Å². The van der Waals surface area contributed by atoms with Gasteiger partial charge in [-0.15, -0.1) is 0 Å². The Hall–Kier alpha value is -0.0100. The zero-order chi connectivity index (χ0) is 10.3. The average Bonchev–Trinajstić information content (AvgIpc) is 2.11. The fourth-order valence-corrected chi connectivity index (χ4v) is 1.17. The second-order valence-electron chi connectivity index (χ2n) is 2.16. The molecule has 0 heterocycles. The zero-order valence-electron chi connectivity index (χ0n) is 6.87. The van der Waals surface area contributed by atoms with Crippen molar-refractivity contribution in [3.8, 4) is 0 Å². The van der Waals surface area contributed by atoms with Gasteiger partial charge < -0.3 is 20.2 Å². The van der Waals surface area contributed by atoms with E-state index in [4.69, 9.17) is 20.2 Å². The van der Waals surface area contributed by atoms with E-state index in [-0.39, 0.29) is 6.61 Å². The van der Waals surface area contributed by atoms with Gasteiger partial charge in [0, 0.05) is 0 Å². The molecule has 0 bridgehead atoms. The topological polar surface area (TPSA) is 116 Å². The Bertz CT molecular complexity index is 172. The predicted molar refractivity (Wildman–Crippen MR) is 41.9 cm³/mol. The first kappa shape index (κ1) is 13.0. The SMILES string of the molecule is O=P(O)(OCCO)OC[C@H](O)CO. The second-order valence-corrected chi connectivity index (χ2v) is 3.61. The molecule has 0 fully saturated rings. The summed E-state index contributed by atoms with van der Waals surface area (Å²) >= 11 is 0. The first-order valence-electron chi connectivity index (χ1n) is 3.53. The Morgan fingerprint density at radius 2 is 1.92 bits per heavy atom. The number of phosphoric ester groups is 1. The summed E-state index contributed by atoms with van der Waals surface area (Å²) in [6.45, 7) is -1.81.